The van der Waals surface area contributed by atoms with Crippen molar-refractivity contribution in [2.75, 3.05) is 13.2 Å². The van der Waals surface area contributed by atoms with E-state index in [1.165, 1.54) is 12.1 Å². The minimum atomic E-state index is -1.07. The van der Waals surface area contributed by atoms with E-state index in [1.807, 2.05) is 0 Å². The Morgan fingerprint density at radius 3 is 2.89 bits per heavy atom. The molecule has 1 N–H and O–H groups in total. The van der Waals surface area contributed by atoms with Gasteiger partial charge in [-0.05, 0) is 25.0 Å². The van der Waals surface area contributed by atoms with Gasteiger partial charge in [0.1, 0.15) is 17.3 Å². The van der Waals surface area contributed by atoms with Crippen molar-refractivity contribution in [2.45, 2.75) is 18.9 Å². The van der Waals surface area contributed by atoms with Crippen molar-refractivity contribution < 1.29 is 14.2 Å². The third-order valence-electron chi connectivity index (χ3n) is 3.27. The number of nitriles is 1. The molecule has 1 aliphatic heterocycles. The van der Waals surface area contributed by atoms with Crippen molar-refractivity contribution >= 4 is 11.6 Å². The Labute approximate surface area is 110 Å². The van der Waals surface area contributed by atoms with Crippen LogP contribution in [0.15, 0.2) is 18.2 Å². The van der Waals surface area contributed by atoms with Crippen molar-refractivity contribution in [3.63, 3.8) is 0 Å². The molecule has 0 amide bonds. The Balaban J connectivity index is 2.34. The maximum Gasteiger partial charge on any atom is 0.124 e. The molecule has 18 heavy (non-hydrogen) atoms. The van der Waals surface area contributed by atoms with Crippen LogP contribution in [0, 0.1) is 22.6 Å². The number of hydrogen-bond acceptors (Lipinski definition) is 3. The van der Waals surface area contributed by atoms with E-state index in [4.69, 9.17) is 16.3 Å². The molecule has 1 aliphatic rings. The van der Waals surface area contributed by atoms with E-state index >= 15 is 0 Å². The summed E-state index contributed by atoms with van der Waals surface area (Å²) in [6, 6.07) is 5.90. The van der Waals surface area contributed by atoms with Gasteiger partial charge < -0.3 is 9.84 Å². The molecule has 3 nitrogen and oxygen atoms in total. The predicted molar refractivity (Wildman–Crippen MR) is 64.5 cm³/mol. The minimum absolute atomic E-state index is 0.127. The van der Waals surface area contributed by atoms with Gasteiger partial charge in [-0.25, -0.2) is 4.39 Å². The second-order valence-electron chi connectivity index (χ2n) is 4.49. The van der Waals surface area contributed by atoms with Crippen LogP contribution in [0.5, 0.6) is 0 Å². The molecule has 2 rings (SSSR count). The monoisotopic (exact) mass is 269 g/mol. The van der Waals surface area contributed by atoms with Gasteiger partial charge >= 0.3 is 0 Å². The molecule has 1 saturated heterocycles. The molecule has 0 spiro atoms. The van der Waals surface area contributed by atoms with Gasteiger partial charge in [-0.1, -0.05) is 17.7 Å². The number of rotatable bonds is 2. The molecule has 0 aliphatic carbocycles. The molecule has 96 valence electrons. The summed E-state index contributed by atoms with van der Waals surface area (Å²) in [7, 11) is 0. The Bertz CT molecular complexity index is 480. The van der Waals surface area contributed by atoms with Gasteiger partial charge in [0.15, 0.2) is 0 Å². The standard InChI is InChI=1S/C13H13ClFNO2/c14-11-6-9(15)2-3-10(11)12(17)13(7-16)4-1-5-18-8-13/h2-3,6,12,17H,1,4-5,8H2. The van der Waals surface area contributed by atoms with Gasteiger partial charge in [-0.2, -0.15) is 5.26 Å². The highest BCUT2D eigenvalue weighted by Crippen LogP contribution is 2.42. The van der Waals surface area contributed by atoms with Crippen LogP contribution >= 0.6 is 11.6 Å². The summed E-state index contributed by atoms with van der Waals surface area (Å²) in [5, 5.41) is 19.8. The molecule has 5 heteroatoms. The van der Waals surface area contributed by atoms with Gasteiger partial charge in [-0.15, -0.1) is 0 Å². The third-order valence-corrected chi connectivity index (χ3v) is 3.60. The van der Waals surface area contributed by atoms with Crippen LogP contribution in [-0.2, 0) is 4.74 Å². The van der Waals surface area contributed by atoms with Crippen LogP contribution in [-0.4, -0.2) is 18.3 Å². The van der Waals surface area contributed by atoms with Crippen molar-refractivity contribution in [3.8, 4) is 6.07 Å². The lowest BCUT2D eigenvalue weighted by Crippen LogP contribution is -2.36. The average molecular weight is 270 g/mol. The summed E-state index contributed by atoms with van der Waals surface area (Å²) in [5.74, 6) is -0.471. The molecule has 0 aromatic heterocycles. The van der Waals surface area contributed by atoms with Gasteiger partial charge in [0.25, 0.3) is 0 Å². The molecular weight excluding hydrogens is 257 g/mol. The van der Waals surface area contributed by atoms with Crippen LogP contribution in [0.25, 0.3) is 0 Å². The quantitative estimate of drug-likeness (QED) is 0.898. The van der Waals surface area contributed by atoms with Crippen LogP contribution in [0.1, 0.15) is 24.5 Å². The largest absolute Gasteiger partial charge is 0.387 e. The Morgan fingerprint density at radius 2 is 2.33 bits per heavy atom. The molecule has 1 heterocycles. The number of ether oxygens (including phenoxy) is 1. The number of hydrogen-bond donors (Lipinski definition) is 1. The van der Waals surface area contributed by atoms with Gasteiger partial charge in [0.2, 0.25) is 0 Å². The zero-order valence-electron chi connectivity index (χ0n) is 9.70. The highest BCUT2D eigenvalue weighted by atomic mass is 35.5. The lowest BCUT2D eigenvalue weighted by atomic mass is 9.76. The first-order valence-electron chi connectivity index (χ1n) is 5.71. The molecule has 1 aromatic rings. The molecule has 0 bridgehead atoms. The highest BCUT2D eigenvalue weighted by Gasteiger charge is 2.42. The number of aliphatic hydroxyl groups is 1. The second kappa shape index (κ2) is 5.23. The van der Waals surface area contributed by atoms with E-state index in [-0.39, 0.29) is 11.6 Å². The highest BCUT2D eigenvalue weighted by molar-refractivity contribution is 6.31. The lowest BCUT2D eigenvalue weighted by Gasteiger charge is -2.35. The third kappa shape index (κ3) is 2.35. The first-order chi connectivity index (χ1) is 8.59. The van der Waals surface area contributed by atoms with Crippen LogP contribution in [0.2, 0.25) is 5.02 Å². The van der Waals surface area contributed by atoms with E-state index in [2.05, 4.69) is 6.07 Å². The Hall–Kier alpha value is -1.15. The van der Waals surface area contributed by atoms with Gasteiger partial charge in [-0.3, -0.25) is 0 Å². The maximum absolute atomic E-state index is 13.0. The Kier molecular flexibility index (Phi) is 3.86. The SMILES string of the molecule is N#CC1(C(O)c2ccc(F)cc2Cl)CCCOC1. The fraction of sp³-hybridized carbons (Fsp3) is 0.462. The second-order valence-corrected chi connectivity index (χ2v) is 4.90. The van der Waals surface area contributed by atoms with Gasteiger partial charge in [0, 0.05) is 17.2 Å². The normalized spacial score (nSPS) is 25.4. The topological polar surface area (TPSA) is 53.2 Å². The van der Waals surface area contributed by atoms with E-state index in [9.17, 15) is 14.8 Å². The van der Waals surface area contributed by atoms with Crippen molar-refractivity contribution in [1.82, 2.24) is 0 Å². The Morgan fingerprint density at radius 1 is 1.56 bits per heavy atom. The summed E-state index contributed by atoms with van der Waals surface area (Å²) in [6.45, 7) is 0.756. The fourth-order valence-corrected chi connectivity index (χ4v) is 2.47. The van der Waals surface area contributed by atoms with Crippen molar-refractivity contribution in [3.05, 3.63) is 34.6 Å². The first kappa shape index (κ1) is 13.3. The summed E-state index contributed by atoms with van der Waals surface area (Å²) in [6.07, 6.45) is 0.179. The smallest absolute Gasteiger partial charge is 0.124 e. The molecule has 2 unspecified atom stereocenters. The molecular formula is C13H13ClFNO2. The number of nitrogens with zero attached hydrogens (tertiary/aromatic N) is 1. The van der Waals surface area contributed by atoms with Crippen molar-refractivity contribution in [2.24, 2.45) is 5.41 Å². The van der Waals surface area contributed by atoms with Gasteiger partial charge in [0.05, 0.1) is 12.7 Å². The summed E-state index contributed by atoms with van der Waals surface area (Å²) < 4.78 is 18.3. The zero-order valence-corrected chi connectivity index (χ0v) is 10.5. The molecule has 0 radical (unpaired) electrons. The number of benzene rings is 1. The maximum atomic E-state index is 13.0. The first-order valence-corrected chi connectivity index (χ1v) is 6.09. The number of halogens is 2. The van der Waals surface area contributed by atoms with E-state index < -0.39 is 17.3 Å². The van der Waals surface area contributed by atoms with E-state index in [0.29, 0.717) is 25.0 Å². The fourth-order valence-electron chi connectivity index (χ4n) is 2.20. The van der Waals surface area contributed by atoms with Crippen LogP contribution in [0.3, 0.4) is 0 Å². The average Bonchev–Trinajstić information content (AvgIpc) is 2.39. The van der Waals surface area contributed by atoms with Crippen LogP contribution < -0.4 is 0 Å². The van der Waals surface area contributed by atoms with Crippen molar-refractivity contribution in [1.29, 1.82) is 5.26 Å². The molecule has 1 fully saturated rings. The predicted octanol–water partition coefficient (Wildman–Crippen LogP) is 2.83. The molecule has 2 atom stereocenters. The van der Waals surface area contributed by atoms with E-state index in [0.717, 1.165) is 6.07 Å². The molecule has 1 aromatic carbocycles. The van der Waals surface area contributed by atoms with Crippen LogP contribution in [0.4, 0.5) is 4.39 Å². The summed E-state index contributed by atoms with van der Waals surface area (Å²) >= 11 is 5.91. The minimum Gasteiger partial charge on any atom is -0.387 e. The van der Waals surface area contributed by atoms with E-state index in [1.54, 1.807) is 0 Å². The number of aliphatic hydroxyl groups excluding tert-OH is 1. The summed E-state index contributed by atoms with van der Waals surface area (Å²) in [5.41, 5.74) is -0.634. The lowest BCUT2D eigenvalue weighted by molar-refractivity contribution is -0.0505. The zero-order chi connectivity index (χ0) is 13.2. The summed E-state index contributed by atoms with van der Waals surface area (Å²) in [4.78, 5) is 0. The molecule has 0 saturated carbocycles.